The largest absolute Gasteiger partial charge is 0.391 e. The molecule has 0 saturated heterocycles. The number of aromatic nitrogens is 2. The molecule has 5 nitrogen and oxygen atoms in total. The van der Waals surface area contributed by atoms with E-state index in [-0.39, 0.29) is 17.7 Å². The molecule has 2 aromatic rings. The van der Waals surface area contributed by atoms with Gasteiger partial charge in [-0.2, -0.15) is 0 Å². The van der Waals surface area contributed by atoms with E-state index in [2.05, 4.69) is 9.88 Å². The Morgan fingerprint density at radius 2 is 1.96 bits per heavy atom. The van der Waals surface area contributed by atoms with E-state index in [1.807, 2.05) is 30.3 Å². The topological polar surface area (TPSA) is 69.2 Å². The predicted octanol–water partition coefficient (Wildman–Crippen LogP) is 2.10. The minimum absolute atomic E-state index is 0.0474. The van der Waals surface area contributed by atoms with Crippen molar-refractivity contribution in [2.45, 2.75) is 50.8 Å². The summed E-state index contributed by atoms with van der Waals surface area (Å²) in [5.74, 6) is 0.644. The summed E-state index contributed by atoms with van der Waals surface area (Å²) in [6.07, 6.45) is 4.65. The van der Waals surface area contributed by atoms with Gasteiger partial charge in [-0.25, -0.2) is 4.98 Å². The van der Waals surface area contributed by atoms with Crippen LogP contribution in [0.2, 0.25) is 0 Å². The fraction of sp³-hybridized carbons (Fsp3) is 0.474. The van der Waals surface area contributed by atoms with E-state index in [1.54, 1.807) is 0 Å². The van der Waals surface area contributed by atoms with Crippen molar-refractivity contribution in [1.82, 2.24) is 14.9 Å². The first-order chi connectivity index (χ1) is 11.7. The van der Waals surface area contributed by atoms with Crippen LogP contribution in [0.25, 0.3) is 11.4 Å². The molecule has 1 fully saturated rings. The zero-order valence-corrected chi connectivity index (χ0v) is 13.7. The minimum Gasteiger partial charge on any atom is -0.391 e. The van der Waals surface area contributed by atoms with Crippen LogP contribution in [0.1, 0.15) is 36.9 Å². The Morgan fingerprint density at radius 3 is 2.75 bits per heavy atom. The van der Waals surface area contributed by atoms with Gasteiger partial charge in [0.1, 0.15) is 5.82 Å². The first-order valence-corrected chi connectivity index (χ1v) is 8.82. The van der Waals surface area contributed by atoms with Gasteiger partial charge in [0, 0.05) is 31.1 Å². The van der Waals surface area contributed by atoms with E-state index in [9.17, 15) is 9.90 Å². The monoisotopic (exact) mass is 325 g/mol. The quantitative estimate of drug-likeness (QED) is 0.887. The van der Waals surface area contributed by atoms with Crippen LogP contribution in [0.3, 0.4) is 0 Å². The summed E-state index contributed by atoms with van der Waals surface area (Å²) in [5, 5.41) is 10.3. The molecule has 126 valence electrons. The number of aliphatic hydroxyl groups excluding tert-OH is 1. The molecule has 2 aliphatic rings. The van der Waals surface area contributed by atoms with E-state index in [0.717, 1.165) is 55.5 Å². The minimum atomic E-state index is -0.268. The van der Waals surface area contributed by atoms with Crippen LogP contribution >= 0.6 is 0 Å². The SMILES string of the molecule is O=c1[nH]c(-c2ccccc2)nc2c1CN(C1CCCCC1O)CC2. The van der Waals surface area contributed by atoms with Gasteiger partial charge >= 0.3 is 0 Å². The molecule has 5 heteroatoms. The fourth-order valence-corrected chi connectivity index (χ4v) is 3.98. The van der Waals surface area contributed by atoms with E-state index >= 15 is 0 Å². The summed E-state index contributed by atoms with van der Waals surface area (Å²) in [7, 11) is 0. The average Bonchev–Trinajstić information content (AvgIpc) is 2.63. The van der Waals surface area contributed by atoms with Gasteiger partial charge in [-0.3, -0.25) is 9.69 Å². The van der Waals surface area contributed by atoms with Gasteiger partial charge in [-0.05, 0) is 12.8 Å². The highest BCUT2D eigenvalue weighted by Gasteiger charge is 2.32. The van der Waals surface area contributed by atoms with Crippen molar-refractivity contribution in [2.24, 2.45) is 0 Å². The Kier molecular flexibility index (Phi) is 4.21. The molecule has 4 rings (SSSR count). The predicted molar refractivity (Wildman–Crippen MR) is 92.7 cm³/mol. The molecule has 2 unspecified atom stereocenters. The maximum atomic E-state index is 12.6. The summed E-state index contributed by atoms with van der Waals surface area (Å²) in [5.41, 5.74) is 2.55. The van der Waals surface area contributed by atoms with Crippen LogP contribution in [0.5, 0.6) is 0 Å². The molecule has 2 heterocycles. The standard InChI is InChI=1S/C19H23N3O2/c23-17-9-5-4-8-16(17)22-11-10-15-14(12-22)19(24)21-18(20-15)13-6-2-1-3-7-13/h1-3,6-7,16-17,23H,4-5,8-12H2,(H,20,21,24). The average molecular weight is 325 g/mol. The summed E-state index contributed by atoms with van der Waals surface area (Å²) < 4.78 is 0. The number of hydrogen-bond acceptors (Lipinski definition) is 4. The van der Waals surface area contributed by atoms with Crippen LogP contribution < -0.4 is 5.56 Å². The second kappa shape index (κ2) is 6.49. The Morgan fingerprint density at radius 1 is 1.17 bits per heavy atom. The molecular weight excluding hydrogens is 302 g/mol. The van der Waals surface area contributed by atoms with Crippen LogP contribution in [0.15, 0.2) is 35.1 Å². The van der Waals surface area contributed by atoms with Gasteiger partial charge < -0.3 is 10.1 Å². The molecule has 1 saturated carbocycles. The Hall–Kier alpha value is -1.98. The fourth-order valence-electron chi connectivity index (χ4n) is 3.98. The van der Waals surface area contributed by atoms with Crippen molar-refractivity contribution in [1.29, 1.82) is 0 Å². The number of nitrogens with one attached hydrogen (secondary N) is 1. The van der Waals surface area contributed by atoms with Crippen molar-refractivity contribution in [2.75, 3.05) is 6.54 Å². The highest BCUT2D eigenvalue weighted by Crippen LogP contribution is 2.27. The number of H-pyrrole nitrogens is 1. The summed E-state index contributed by atoms with van der Waals surface area (Å²) in [6.45, 7) is 1.45. The highest BCUT2D eigenvalue weighted by atomic mass is 16.3. The number of nitrogens with zero attached hydrogens (tertiary/aromatic N) is 2. The first kappa shape index (κ1) is 15.5. The smallest absolute Gasteiger partial charge is 0.255 e. The molecular formula is C19H23N3O2. The lowest BCUT2D eigenvalue weighted by Gasteiger charge is -2.39. The lowest BCUT2D eigenvalue weighted by atomic mass is 9.90. The molecule has 1 aliphatic heterocycles. The Balaban J connectivity index is 1.62. The number of rotatable bonds is 2. The van der Waals surface area contributed by atoms with Gasteiger partial charge in [-0.15, -0.1) is 0 Å². The van der Waals surface area contributed by atoms with Crippen molar-refractivity contribution >= 4 is 0 Å². The second-order valence-corrected chi connectivity index (χ2v) is 6.85. The Labute approximate surface area is 141 Å². The van der Waals surface area contributed by atoms with E-state index in [4.69, 9.17) is 4.98 Å². The number of hydrogen-bond donors (Lipinski definition) is 2. The molecule has 24 heavy (non-hydrogen) atoms. The van der Waals surface area contributed by atoms with Crippen molar-refractivity contribution < 1.29 is 5.11 Å². The van der Waals surface area contributed by atoms with Crippen molar-refractivity contribution in [3.63, 3.8) is 0 Å². The third-order valence-electron chi connectivity index (χ3n) is 5.31. The molecule has 0 spiro atoms. The molecule has 0 amide bonds. The number of benzene rings is 1. The number of aliphatic hydroxyl groups is 1. The molecule has 1 aromatic carbocycles. The van der Waals surface area contributed by atoms with Gasteiger partial charge in [0.25, 0.3) is 5.56 Å². The van der Waals surface area contributed by atoms with Gasteiger partial charge in [-0.1, -0.05) is 43.2 Å². The summed E-state index contributed by atoms with van der Waals surface area (Å²) >= 11 is 0. The summed E-state index contributed by atoms with van der Waals surface area (Å²) in [4.78, 5) is 22.5. The van der Waals surface area contributed by atoms with Crippen molar-refractivity contribution in [3.8, 4) is 11.4 Å². The van der Waals surface area contributed by atoms with Crippen LogP contribution in [0.4, 0.5) is 0 Å². The zero-order valence-electron chi connectivity index (χ0n) is 13.7. The molecule has 1 aromatic heterocycles. The Bertz CT molecular complexity index is 772. The lowest BCUT2D eigenvalue weighted by molar-refractivity contribution is 0.0126. The van der Waals surface area contributed by atoms with E-state index in [1.165, 1.54) is 0 Å². The normalized spacial score (nSPS) is 24.5. The van der Waals surface area contributed by atoms with Crippen molar-refractivity contribution in [3.05, 3.63) is 51.9 Å². The van der Waals surface area contributed by atoms with E-state index in [0.29, 0.717) is 12.4 Å². The summed E-state index contributed by atoms with van der Waals surface area (Å²) in [6, 6.07) is 9.94. The molecule has 2 N–H and O–H groups in total. The third kappa shape index (κ3) is 2.89. The van der Waals surface area contributed by atoms with E-state index < -0.39 is 0 Å². The maximum Gasteiger partial charge on any atom is 0.255 e. The van der Waals surface area contributed by atoms with Gasteiger partial charge in [0.2, 0.25) is 0 Å². The highest BCUT2D eigenvalue weighted by molar-refractivity contribution is 5.54. The molecule has 0 radical (unpaired) electrons. The maximum absolute atomic E-state index is 12.6. The third-order valence-corrected chi connectivity index (χ3v) is 5.31. The lowest BCUT2D eigenvalue weighted by Crippen LogP contribution is -2.48. The first-order valence-electron chi connectivity index (χ1n) is 8.82. The molecule has 0 bridgehead atoms. The second-order valence-electron chi connectivity index (χ2n) is 6.85. The van der Waals surface area contributed by atoms with Gasteiger partial charge in [0.15, 0.2) is 0 Å². The van der Waals surface area contributed by atoms with Gasteiger partial charge in [0.05, 0.1) is 17.4 Å². The zero-order chi connectivity index (χ0) is 16.5. The number of fused-ring (bicyclic) bond motifs is 1. The molecule has 2 atom stereocenters. The molecule has 1 aliphatic carbocycles. The van der Waals surface area contributed by atoms with Crippen LogP contribution in [-0.4, -0.2) is 38.7 Å². The van der Waals surface area contributed by atoms with Crippen LogP contribution in [-0.2, 0) is 13.0 Å². The van der Waals surface area contributed by atoms with Crippen LogP contribution in [0, 0.1) is 0 Å². The number of aromatic amines is 1.